The number of nitrogens with zero attached hydrogens (tertiary/aromatic N) is 3. The van der Waals surface area contributed by atoms with Gasteiger partial charge in [-0.25, -0.2) is 4.68 Å². The van der Waals surface area contributed by atoms with E-state index in [-0.39, 0.29) is 12.4 Å². The van der Waals surface area contributed by atoms with E-state index in [4.69, 9.17) is 5.11 Å². The molecule has 1 fully saturated rings. The molecule has 1 aliphatic rings. The van der Waals surface area contributed by atoms with Gasteiger partial charge >= 0.3 is 6.36 Å². The van der Waals surface area contributed by atoms with Crippen LogP contribution in [0.15, 0.2) is 36.7 Å². The summed E-state index contributed by atoms with van der Waals surface area (Å²) in [5, 5.41) is 22.9. The summed E-state index contributed by atoms with van der Waals surface area (Å²) in [5.41, 5.74) is 0.237. The minimum Gasteiger partial charge on any atom is -0.406 e. The molecule has 0 saturated carbocycles. The van der Waals surface area contributed by atoms with Crippen LogP contribution < -0.4 is 9.64 Å². The summed E-state index contributed by atoms with van der Waals surface area (Å²) in [5.74, 6) is -0.301. The molecule has 1 saturated heterocycles. The van der Waals surface area contributed by atoms with Crippen molar-refractivity contribution in [3.8, 4) is 11.4 Å². The number of aromatic nitrogens is 2. The number of anilines is 1. The Morgan fingerprint density at radius 3 is 2.39 bits per heavy atom. The van der Waals surface area contributed by atoms with Crippen LogP contribution in [0.1, 0.15) is 0 Å². The number of hydrogen-bond donors (Lipinski definition) is 2. The van der Waals surface area contributed by atoms with Crippen LogP contribution in [0.4, 0.5) is 18.9 Å². The third-order valence-corrected chi connectivity index (χ3v) is 3.53. The molecule has 124 valence electrons. The Bertz CT molecular complexity index is 679. The van der Waals surface area contributed by atoms with Crippen molar-refractivity contribution in [2.75, 3.05) is 24.6 Å². The van der Waals surface area contributed by atoms with Gasteiger partial charge in [0.25, 0.3) is 0 Å². The largest absolute Gasteiger partial charge is 0.573 e. The van der Waals surface area contributed by atoms with E-state index in [0.717, 1.165) is 5.69 Å². The van der Waals surface area contributed by atoms with Gasteiger partial charge in [0.1, 0.15) is 11.4 Å². The van der Waals surface area contributed by atoms with Crippen molar-refractivity contribution in [2.45, 2.75) is 12.0 Å². The fourth-order valence-electron chi connectivity index (χ4n) is 2.37. The van der Waals surface area contributed by atoms with Crippen molar-refractivity contribution >= 4 is 5.69 Å². The van der Waals surface area contributed by atoms with Gasteiger partial charge in [0.15, 0.2) is 0 Å². The van der Waals surface area contributed by atoms with Crippen LogP contribution in [0.2, 0.25) is 0 Å². The van der Waals surface area contributed by atoms with E-state index < -0.39 is 12.0 Å². The standard InChI is InChI=1S/C14H14F3N3O3/c15-14(16,17)23-12-3-1-10(2-4-12)20-6-11(5-18-20)19-7-13(22,8-19)9-21/h1-6,21-22H,7-9H2. The molecule has 23 heavy (non-hydrogen) atoms. The Morgan fingerprint density at radius 1 is 1.17 bits per heavy atom. The minimum absolute atomic E-state index is 0.299. The maximum absolute atomic E-state index is 12.1. The lowest BCUT2D eigenvalue weighted by Crippen LogP contribution is -2.64. The van der Waals surface area contributed by atoms with Gasteiger partial charge < -0.3 is 19.8 Å². The molecule has 0 spiro atoms. The Balaban J connectivity index is 1.69. The van der Waals surface area contributed by atoms with Gasteiger partial charge in [-0.05, 0) is 24.3 Å². The number of alkyl halides is 3. The highest BCUT2D eigenvalue weighted by molar-refractivity contribution is 5.49. The van der Waals surface area contributed by atoms with Gasteiger partial charge in [-0.3, -0.25) is 0 Å². The average molecular weight is 329 g/mol. The first-order chi connectivity index (χ1) is 10.8. The van der Waals surface area contributed by atoms with Crippen molar-refractivity contribution in [3.05, 3.63) is 36.7 Å². The highest BCUT2D eigenvalue weighted by atomic mass is 19.4. The predicted octanol–water partition coefficient (Wildman–Crippen LogP) is 1.31. The van der Waals surface area contributed by atoms with Crippen LogP contribution in [-0.4, -0.2) is 51.7 Å². The summed E-state index contributed by atoms with van der Waals surface area (Å²) in [7, 11) is 0. The Morgan fingerprint density at radius 2 is 1.83 bits per heavy atom. The number of benzene rings is 1. The number of hydrogen-bond acceptors (Lipinski definition) is 5. The first kappa shape index (κ1) is 15.6. The quantitative estimate of drug-likeness (QED) is 0.885. The van der Waals surface area contributed by atoms with Crippen molar-refractivity contribution in [1.82, 2.24) is 9.78 Å². The highest BCUT2D eigenvalue weighted by Gasteiger charge is 2.41. The average Bonchev–Trinajstić information content (AvgIpc) is 2.92. The molecule has 2 heterocycles. The number of ether oxygens (including phenoxy) is 1. The predicted molar refractivity (Wildman–Crippen MR) is 74.5 cm³/mol. The number of halogens is 3. The van der Waals surface area contributed by atoms with Crippen LogP contribution in [0.3, 0.4) is 0 Å². The van der Waals surface area contributed by atoms with E-state index in [1.807, 2.05) is 4.90 Å². The van der Waals surface area contributed by atoms with E-state index >= 15 is 0 Å². The molecule has 0 atom stereocenters. The van der Waals surface area contributed by atoms with Gasteiger partial charge in [0.05, 0.1) is 43.5 Å². The molecule has 0 radical (unpaired) electrons. The molecule has 1 aromatic heterocycles. The second-order valence-corrected chi connectivity index (χ2v) is 5.42. The third-order valence-electron chi connectivity index (χ3n) is 3.53. The van der Waals surface area contributed by atoms with Crippen molar-refractivity contribution in [1.29, 1.82) is 0 Å². The number of aliphatic hydroxyl groups is 2. The lowest BCUT2D eigenvalue weighted by atomic mass is 9.95. The van der Waals surface area contributed by atoms with Crippen LogP contribution in [0.5, 0.6) is 5.75 Å². The summed E-state index contributed by atoms with van der Waals surface area (Å²) in [6.45, 7) is 0.291. The zero-order valence-electron chi connectivity index (χ0n) is 11.9. The van der Waals surface area contributed by atoms with Crippen molar-refractivity contribution in [3.63, 3.8) is 0 Å². The zero-order valence-corrected chi connectivity index (χ0v) is 11.9. The first-order valence-corrected chi connectivity index (χ1v) is 6.77. The zero-order chi connectivity index (χ0) is 16.7. The minimum atomic E-state index is -4.72. The molecule has 1 aromatic carbocycles. The number of aliphatic hydroxyl groups excluding tert-OH is 1. The normalized spacial score (nSPS) is 17.0. The van der Waals surface area contributed by atoms with E-state index in [9.17, 15) is 18.3 Å². The molecule has 9 heteroatoms. The summed E-state index contributed by atoms with van der Waals surface area (Å²) in [6, 6.07) is 5.33. The monoisotopic (exact) mass is 329 g/mol. The maximum Gasteiger partial charge on any atom is 0.573 e. The fourth-order valence-corrected chi connectivity index (χ4v) is 2.37. The van der Waals surface area contributed by atoms with E-state index in [1.54, 1.807) is 12.4 Å². The van der Waals surface area contributed by atoms with Gasteiger partial charge in [-0.2, -0.15) is 5.10 Å². The lowest BCUT2D eigenvalue weighted by Gasteiger charge is -2.46. The molecular weight excluding hydrogens is 315 g/mol. The summed E-state index contributed by atoms with van der Waals surface area (Å²) >= 11 is 0. The Kier molecular flexibility index (Phi) is 3.69. The number of rotatable bonds is 4. The van der Waals surface area contributed by atoms with E-state index in [2.05, 4.69) is 9.84 Å². The van der Waals surface area contributed by atoms with E-state index in [0.29, 0.717) is 18.8 Å². The van der Waals surface area contributed by atoms with Crippen molar-refractivity contribution in [2.24, 2.45) is 0 Å². The second kappa shape index (κ2) is 5.43. The van der Waals surface area contributed by atoms with Gasteiger partial charge in [0.2, 0.25) is 0 Å². The lowest BCUT2D eigenvalue weighted by molar-refractivity contribution is -0.274. The Labute approximate surface area is 129 Å². The summed E-state index contributed by atoms with van der Waals surface area (Å²) in [4.78, 5) is 1.83. The third kappa shape index (κ3) is 3.40. The van der Waals surface area contributed by atoms with Crippen LogP contribution in [0, 0.1) is 0 Å². The molecule has 0 unspecified atom stereocenters. The molecule has 0 aliphatic carbocycles. The van der Waals surface area contributed by atoms with Gasteiger partial charge in [0, 0.05) is 0 Å². The van der Waals surface area contributed by atoms with Gasteiger partial charge in [-0.15, -0.1) is 13.2 Å². The molecule has 2 N–H and O–H groups in total. The summed E-state index contributed by atoms with van der Waals surface area (Å²) in [6.07, 6.45) is -1.45. The molecule has 1 aliphatic heterocycles. The molecular formula is C14H14F3N3O3. The second-order valence-electron chi connectivity index (χ2n) is 5.42. The molecule has 0 amide bonds. The van der Waals surface area contributed by atoms with Crippen molar-refractivity contribution < 1.29 is 28.1 Å². The van der Waals surface area contributed by atoms with E-state index in [1.165, 1.54) is 28.9 Å². The molecule has 3 rings (SSSR count). The Hall–Kier alpha value is -2.26. The maximum atomic E-state index is 12.1. The van der Waals surface area contributed by atoms with Gasteiger partial charge in [-0.1, -0.05) is 0 Å². The molecule has 6 nitrogen and oxygen atoms in total. The highest BCUT2D eigenvalue weighted by Crippen LogP contribution is 2.28. The fraction of sp³-hybridized carbons (Fsp3) is 0.357. The topological polar surface area (TPSA) is 70.8 Å². The molecule has 0 bridgehead atoms. The van der Waals surface area contributed by atoms with Crippen LogP contribution >= 0.6 is 0 Å². The number of β-amino-alcohol motifs (C(OH)–C–C–N with tert-alkyl or cyclic N) is 1. The summed E-state index contributed by atoms with van der Waals surface area (Å²) < 4.78 is 41.6. The SMILES string of the molecule is OCC1(O)CN(c2cnn(-c3ccc(OC(F)(F)F)cc3)c2)C1. The molecule has 2 aromatic rings. The first-order valence-electron chi connectivity index (χ1n) is 6.77. The smallest absolute Gasteiger partial charge is 0.406 e. The van der Waals surface area contributed by atoms with Crippen LogP contribution in [0.25, 0.3) is 5.69 Å². The van der Waals surface area contributed by atoms with Crippen LogP contribution in [-0.2, 0) is 0 Å².